The molecule has 0 bridgehead atoms. The largest absolute Gasteiger partial charge is 0.352 e. The van der Waals surface area contributed by atoms with E-state index in [1.54, 1.807) is 12.4 Å². The van der Waals surface area contributed by atoms with E-state index in [9.17, 15) is 4.79 Å². The molecule has 29 heavy (non-hydrogen) atoms. The van der Waals surface area contributed by atoms with Crippen LogP contribution in [0, 0.1) is 5.92 Å². The van der Waals surface area contributed by atoms with Crippen LogP contribution in [-0.4, -0.2) is 52.2 Å². The molecule has 7 heteroatoms. The quantitative estimate of drug-likeness (QED) is 0.807. The Morgan fingerprint density at radius 1 is 1.03 bits per heavy atom. The Morgan fingerprint density at radius 2 is 1.86 bits per heavy atom. The normalized spacial score (nSPS) is 17.9. The van der Waals surface area contributed by atoms with Crippen LogP contribution in [0.15, 0.2) is 36.7 Å². The molecule has 4 rings (SSSR count). The van der Waals surface area contributed by atoms with Crippen LogP contribution < -0.4 is 10.2 Å². The SMILES string of the molecule is O=C(CCC1CCCCC1)N1CCN(c2ccc(Nc3cccnc3)nn2)CC1. The second-order valence-electron chi connectivity index (χ2n) is 8.05. The number of aromatic nitrogens is 3. The molecule has 0 atom stereocenters. The van der Waals surface area contributed by atoms with Gasteiger partial charge in [0.2, 0.25) is 5.91 Å². The van der Waals surface area contributed by atoms with E-state index < -0.39 is 0 Å². The maximum absolute atomic E-state index is 12.6. The molecule has 1 aliphatic heterocycles. The van der Waals surface area contributed by atoms with Crippen molar-refractivity contribution in [1.29, 1.82) is 0 Å². The van der Waals surface area contributed by atoms with Crippen LogP contribution in [0.1, 0.15) is 44.9 Å². The van der Waals surface area contributed by atoms with Gasteiger partial charge < -0.3 is 15.1 Å². The predicted octanol–water partition coefficient (Wildman–Crippen LogP) is 3.62. The number of rotatable bonds is 6. The van der Waals surface area contributed by atoms with Crippen LogP contribution in [0.2, 0.25) is 0 Å². The van der Waals surface area contributed by atoms with Gasteiger partial charge in [0.05, 0.1) is 11.9 Å². The van der Waals surface area contributed by atoms with E-state index in [-0.39, 0.29) is 0 Å². The molecule has 0 aromatic carbocycles. The minimum atomic E-state index is 0.317. The predicted molar refractivity (Wildman–Crippen MR) is 114 cm³/mol. The lowest BCUT2D eigenvalue weighted by molar-refractivity contribution is -0.131. The van der Waals surface area contributed by atoms with E-state index in [1.165, 1.54) is 32.1 Å². The van der Waals surface area contributed by atoms with E-state index in [0.717, 1.165) is 50.0 Å². The Bertz CT molecular complexity index is 768. The summed E-state index contributed by atoms with van der Waals surface area (Å²) in [5, 5.41) is 11.8. The summed E-state index contributed by atoms with van der Waals surface area (Å²) in [6.07, 6.45) is 11.9. The van der Waals surface area contributed by atoms with Gasteiger partial charge in [-0.2, -0.15) is 0 Å². The summed E-state index contributed by atoms with van der Waals surface area (Å²) >= 11 is 0. The second kappa shape index (κ2) is 9.67. The van der Waals surface area contributed by atoms with Crippen LogP contribution >= 0.6 is 0 Å². The molecular weight excluding hydrogens is 364 g/mol. The molecule has 0 unspecified atom stereocenters. The molecule has 0 spiro atoms. The van der Waals surface area contributed by atoms with Crippen molar-refractivity contribution in [3.63, 3.8) is 0 Å². The Labute approximate surface area is 172 Å². The number of anilines is 3. The molecule has 2 aromatic heterocycles. The Morgan fingerprint density at radius 3 is 2.55 bits per heavy atom. The van der Waals surface area contributed by atoms with E-state index >= 15 is 0 Å². The van der Waals surface area contributed by atoms with Gasteiger partial charge in [0, 0.05) is 38.8 Å². The number of amides is 1. The fraction of sp³-hybridized carbons (Fsp3) is 0.545. The number of carbonyl (C=O) groups excluding carboxylic acids is 1. The third-order valence-corrected chi connectivity index (χ3v) is 6.03. The average molecular weight is 395 g/mol. The smallest absolute Gasteiger partial charge is 0.222 e. The molecule has 1 saturated carbocycles. The summed E-state index contributed by atoms with van der Waals surface area (Å²) in [6.45, 7) is 3.14. The Kier molecular flexibility index (Phi) is 6.54. The molecule has 1 saturated heterocycles. The fourth-order valence-electron chi connectivity index (χ4n) is 4.29. The Hall–Kier alpha value is -2.70. The molecule has 7 nitrogen and oxygen atoms in total. The molecule has 1 amide bonds. The van der Waals surface area contributed by atoms with Crippen LogP contribution in [-0.2, 0) is 4.79 Å². The number of hydrogen-bond donors (Lipinski definition) is 1. The van der Waals surface area contributed by atoms with Gasteiger partial charge in [-0.15, -0.1) is 10.2 Å². The summed E-state index contributed by atoms with van der Waals surface area (Å²) in [7, 11) is 0. The van der Waals surface area contributed by atoms with Crippen molar-refractivity contribution in [1.82, 2.24) is 20.1 Å². The van der Waals surface area contributed by atoms with Crippen molar-refractivity contribution in [2.24, 2.45) is 5.92 Å². The van der Waals surface area contributed by atoms with Gasteiger partial charge in [0.25, 0.3) is 0 Å². The first-order valence-electron chi connectivity index (χ1n) is 10.8. The van der Waals surface area contributed by atoms with Gasteiger partial charge >= 0.3 is 0 Å². The first-order valence-corrected chi connectivity index (χ1v) is 10.8. The molecule has 2 aliphatic rings. The third-order valence-electron chi connectivity index (χ3n) is 6.03. The molecule has 1 aliphatic carbocycles. The highest BCUT2D eigenvalue weighted by atomic mass is 16.2. The van der Waals surface area contributed by atoms with Gasteiger partial charge in [0.15, 0.2) is 11.6 Å². The van der Waals surface area contributed by atoms with Gasteiger partial charge in [-0.3, -0.25) is 9.78 Å². The molecule has 0 radical (unpaired) electrons. The van der Waals surface area contributed by atoms with Crippen LogP contribution in [0.25, 0.3) is 0 Å². The number of carbonyl (C=O) groups is 1. The van der Waals surface area contributed by atoms with Gasteiger partial charge in [0.1, 0.15) is 0 Å². The van der Waals surface area contributed by atoms with Gasteiger partial charge in [-0.05, 0) is 36.6 Å². The zero-order valence-corrected chi connectivity index (χ0v) is 17.0. The second-order valence-corrected chi connectivity index (χ2v) is 8.05. The number of hydrogen-bond acceptors (Lipinski definition) is 6. The number of piperazine rings is 1. The zero-order valence-electron chi connectivity index (χ0n) is 17.0. The Balaban J connectivity index is 1.23. The number of nitrogens with zero attached hydrogens (tertiary/aromatic N) is 5. The van der Waals surface area contributed by atoms with Crippen molar-refractivity contribution in [3.05, 3.63) is 36.7 Å². The van der Waals surface area contributed by atoms with Gasteiger partial charge in [-0.25, -0.2) is 0 Å². The minimum Gasteiger partial charge on any atom is -0.352 e. The molecule has 2 fully saturated rings. The highest BCUT2D eigenvalue weighted by Crippen LogP contribution is 2.27. The van der Waals surface area contributed by atoms with Crippen LogP contribution in [0.4, 0.5) is 17.3 Å². The van der Waals surface area contributed by atoms with E-state index in [0.29, 0.717) is 18.1 Å². The van der Waals surface area contributed by atoms with Gasteiger partial charge in [-0.1, -0.05) is 32.1 Å². The van der Waals surface area contributed by atoms with E-state index in [1.807, 2.05) is 29.2 Å². The monoisotopic (exact) mass is 394 g/mol. The van der Waals surface area contributed by atoms with Crippen molar-refractivity contribution in [3.8, 4) is 0 Å². The molecule has 2 aromatic rings. The number of nitrogens with one attached hydrogen (secondary N) is 1. The van der Waals surface area contributed by atoms with E-state index in [2.05, 4.69) is 25.4 Å². The maximum Gasteiger partial charge on any atom is 0.222 e. The summed E-state index contributed by atoms with van der Waals surface area (Å²) in [5.41, 5.74) is 0.884. The molecule has 3 heterocycles. The highest BCUT2D eigenvalue weighted by Gasteiger charge is 2.23. The first-order chi connectivity index (χ1) is 14.3. The van der Waals surface area contributed by atoms with Crippen molar-refractivity contribution in [2.45, 2.75) is 44.9 Å². The van der Waals surface area contributed by atoms with Crippen molar-refractivity contribution in [2.75, 3.05) is 36.4 Å². The van der Waals surface area contributed by atoms with Crippen LogP contribution in [0.3, 0.4) is 0 Å². The lowest BCUT2D eigenvalue weighted by Gasteiger charge is -2.35. The summed E-state index contributed by atoms with van der Waals surface area (Å²) in [6, 6.07) is 7.72. The van der Waals surface area contributed by atoms with E-state index in [4.69, 9.17) is 0 Å². The first kappa shape index (κ1) is 19.6. The standard InChI is InChI=1S/C22H30N6O/c29-22(11-8-18-5-2-1-3-6-18)28-15-13-27(14-16-28)21-10-9-20(25-26-21)24-19-7-4-12-23-17-19/h4,7,9-10,12,17-18H,1-3,5-6,8,11,13-16H2,(H,24,25). The average Bonchev–Trinajstić information content (AvgIpc) is 2.79. The maximum atomic E-state index is 12.6. The minimum absolute atomic E-state index is 0.317. The molecule has 154 valence electrons. The molecular formula is C22H30N6O. The lowest BCUT2D eigenvalue weighted by atomic mass is 9.86. The van der Waals surface area contributed by atoms with Crippen molar-refractivity contribution < 1.29 is 4.79 Å². The fourth-order valence-corrected chi connectivity index (χ4v) is 4.29. The summed E-state index contributed by atoms with van der Waals surface area (Å²) < 4.78 is 0. The van der Waals surface area contributed by atoms with Crippen molar-refractivity contribution >= 4 is 23.2 Å². The number of pyridine rings is 1. The topological polar surface area (TPSA) is 74.2 Å². The van der Waals surface area contributed by atoms with Crippen LogP contribution in [0.5, 0.6) is 0 Å². The lowest BCUT2D eigenvalue weighted by Crippen LogP contribution is -2.49. The highest BCUT2D eigenvalue weighted by molar-refractivity contribution is 5.76. The third kappa shape index (κ3) is 5.43. The summed E-state index contributed by atoms with van der Waals surface area (Å²) in [5.74, 6) is 2.63. The molecule has 1 N–H and O–H groups in total. The summed E-state index contributed by atoms with van der Waals surface area (Å²) in [4.78, 5) is 20.9. The zero-order chi connectivity index (χ0) is 19.9.